The smallest absolute Gasteiger partial charge is 0.422 e. The molecular formula is C17H19F3N4O2. The summed E-state index contributed by atoms with van der Waals surface area (Å²) in [5.74, 6) is 0.168. The van der Waals surface area contributed by atoms with Crippen LogP contribution in [0.1, 0.15) is 23.3 Å². The van der Waals surface area contributed by atoms with Gasteiger partial charge < -0.3 is 15.0 Å². The van der Waals surface area contributed by atoms with Gasteiger partial charge in [0.25, 0.3) is 5.91 Å². The Morgan fingerprint density at radius 2 is 2.23 bits per heavy atom. The standard InChI is InChI=1S/C17H19F3N4O2/c1-24-7-9-4-10(24)5-14(9)21-16(25)15-12-6-11(26-8-17(18,19)20)2-3-13(12)22-23-15/h2-3,6,9-10,14H,4-5,7-8H2,1H3,(H,21,25)(H,22,23). The molecule has 1 aliphatic heterocycles. The monoisotopic (exact) mass is 368 g/mol. The summed E-state index contributed by atoms with van der Waals surface area (Å²) >= 11 is 0. The van der Waals surface area contributed by atoms with Gasteiger partial charge in [0.1, 0.15) is 5.75 Å². The average molecular weight is 368 g/mol. The van der Waals surface area contributed by atoms with Crippen LogP contribution >= 0.6 is 0 Å². The molecule has 2 bridgehead atoms. The van der Waals surface area contributed by atoms with E-state index in [1.807, 2.05) is 0 Å². The first-order valence-corrected chi connectivity index (χ1v) is 8.49. The third-order valence-electron chi connectivity index (χ3n) is 5.28. The van der Waals surface area contributed by atoms with Crippen molar-refractivity contribution in [2.75, 3.05) is 20.2 Å². The van der Waals surface area contributed by atoms with E-state index in [0.29, 0.717) is 22.9 Å². The second-order valence-electron chi connectivity index (χ2n) is 7.09. The molecular weight excluding hydrogens is 349 g/mol. The van der Waals surface area contributed by atoms with Gasteiger partial charge in [0.2, 0.25) is 0 Å². The lowest BCUT2D eigenvalue weighted by molar-refractivity contribution is -0.153. The number of benzene rings is 1. The molecule has 0 radical (unpaired) electrons. The van der Waals surface area contributed by atoms with Crippen molar-refractivity contribution in [1.29, 1.82) is 0 Å². The predicted octanol–water partition coefficient (Wildman–Crippen LogP) is 2.33. The Balaban J connectivity index is 1.50. The minimum atomic E-state index is -4.42. The number of carbonyl (C=O) groups excluding carboxylic acids is 1. The van der Waals surface area contributed by atoms with Crippen LogP contribution in [0, 0.1) is 5.92 Å². The SMILES string of the molecule is CN1CC2CC1CC2NC(=O)c1n[nH]c2ccc(OCC(F)(F)F)cc12. The zero-order chi connectivity index (χ0) is 18.5. The molecule has 26 heavy (non-hydrogen) atoms. The number of H-pyrrole nitrogens is 1. The maximum Gasteiger partial charge on any atom is 0.422 e. The summed E-state index contributed by atoms with van der Waals surface area (Å²) in [7, 11) is 2.09. The van der Waals surface area contributed by atoms with Crippen LogP contribution in [-0.4, -0.2) is 59.5 Å². The maximum atomic E-state index is 12.6. The number of likely N-dealkylation sites (tertiary alicyclic amines) is 1. The molecule has 3 unspecified atom stereocenters. The number of ether oxygens (including phenoxy) is 1. The maximum absolute atomic E-state index is 12.6. The largest absolute Gasteiger partial charge is 0.484 e. The molecule has 1 saturated heterocycles. The molecule has 4 rings (SSSR count). The first-order valence-electron chi connectivity index (χ1n) is 8.49. The lowest BCUT2D eigenvalue weighted by Crippen LogP contribution is -2.44. The van der Waals surface area contributed by atoms with Crippen molar-refractivity contribution in [2.24, 2.45) is 5.92 Å². The van der Waals surface area contributed by atoms with E-state index < -0.39 is 12.8 Å². The van der Waals surface area contributed by atoms with E-state index in [0.717, 1.165) is 19.4 Å². The van der Waals surface area contributed by atoms with E-state index in [2.05, 4.69) is 27.5 Å². The number of hydrogen-bond acceptors (Lipinski definition) is 4. The summed E-state index contributed by atoms with van der Waals surface area (Å²) in [4.78, 5) is 14.9. The summed E-state index contributed by atoms with van der Waals surface area (Å²) < 4.78 is 41.7. The van der Waals surface area contributed by atoms with Gasteiger partial charge in [-0.05, 0) is 44.0 Å². The summed E-state index contributed by atoms with van der Waals surface area (Å²) in [6, 6.07) is 4.99. The molecule has 1 aromatic heterocycles. The van der Waals surface area contributed by atoms with Gasteiger partial charge in [-0.15, -0.1) is 0 Å². The van der Waals surface area contributed by atoms with Gasteiger partial charge in [0.05, 0.1) is 5.52 Å². The molecule has 0 spiro atoms. The fourth-order valence-electron chi connectivity index (χ4n) is 4.01. The topological polar surface area (TPSA) is 70.2 Å². The number of piperidine rings is 1. The molecule has 9 heteroatoms. The van der Waals surface area contributed by atoms with Gasteiger partial charge in [-0.3, -0.25) is 9.89 Å². The molecule has 1 aromatic carbocycles. The summed E-state index contributed by atoms with van der Waals surface area (Å²) in [6.45, 7) is -0.414. The molecule has 2 aromatic rings. The van der Waals surface area contributed by atoms with Crippen molar-refractivity contribution in [2.45, 2.75) is 31.1 Å². The van der Waals surface area contributed by atoms with Gasteiger partial charge >= 0.3 is 6.18 Å². The highest BCUT2D eigenvalue weighted by Crippen LogP contribution is 2.37. The fraction of sp³-hybridized carbons (Fsp3) is 0.529. The highest BCUT2D eigenvalue weighted by molar-refractivity contribution is 6.05. The van der Waals surface area contributed by atoms with E-state index in [-0.39, 0.29) is 23.4 Å². The van der Waals surface area contributed by atoms with Crippen molar-refractivity contribution >= 4 is 16.8 Å². The molecule has 1 saturated carbocycles. The van der Waals surface area contributed by atoms with Crippen molar-refractivity contribution in [3.63, 3.8) is 0 Å². The minimum Gasteiger partial charge on any atom is -0.484 e. The van der Waals surface area contributed by atoms with E-state index in [9.17, 15) is 18.0 Å². The first kappa shape index (κ1) is 17.1. The van der Waals surface area contributed by atoms with E-state index >= 15 is 0 Å². The summed E-state index contributed by atoms with van der Waals surface area (Å²) in [5.41, 5.74) is 0.746. The summed E-state index contributed by atoms with van der Waals surface area (Å²) in [5, 5.41) is 10.3. The quantitative estimate of drug-likeness (QED) is 0.869. The Morgan fingerprint density at radius 3 is 2.88 bits per heavy atom. The minimum absolute atomic E-state index is 0.0480. The third-order valence-corrected chi connectivity index (χ3v) is 5.28. The van der Waals surface area contributed by atoms with Gasteiger partial charge in [0.15, 0.2) is 12.3 Å². The Morgan fingerprint density at radius 1 is 1.42 bits per heavy atom. The lowest BCUT2D eigenvalue weighted by Gasteiger charge is -2.28. The van der Waals surface area contributed by atoms with Crippen LogP contribution in [0.3, 0.4) is 0 Å². The number of alkyl halides is 3. The van der Waals surface area contributed by atoms with Crippen molar-refractivity contribution < 1.29 is 22.7 Å². The normalized spacial score (nSPS) is 25.8. The second-order valence-corrected chi connectivity index (χ2v) is 7.09. The molecule has 6 nitrogen and oxygen atoms in total. The van der Waals surface area contributed by atoms with Crippen LogP contribution in [0.15, 0.2) is 18.2 Å². The molecule has 2 heterocycles. The van der Waals surface area contributed by atoms with Gasteiger partial charge in [-0.1, -0.05) is 0 Å². The summed E-state index contributed by atoms with van der Waals surface area (Å²) in [6.07, 6.45) is -2.42. The number of hydrogen-bond donors (Lipinski definition) is 2. The number of nitrogens with zero attached hydrogens (tertiary/aromatic N) is 2. The van der Waals surface area contributed by atoms with Gasteiger partial charge in [-0.25, -0.2) is 0 Å². The zero-order valence-corrected chi connectivity index (χ0v) is 14.1. The van der Waals surface area contributed by atoms with Crippen LogP contribution in [0.25, 0.3) is 10.9 Å². The van der Waals surface area contributed by atoms with Crippen LogP contribution in [0.4, 0.5) is 13.2 Å². The highest BCUT2D eigenvalue weighted by atomic mass is 19.4. The Hall–Kier alpha value is -2.29. The Labute approximate surface area is 147 Å². The van der Waals surface area contributed by atoms with Gasteiger partial charge in [0, 0.05) is 24.0 Å². The lowest BCUT2D eigenvalue weighted by atomic mass is 10.0. The van der Waals surface area contributed by atoms with Gasteiger partial charge in [-0.2, -0.15) is 18.3 Å². The number of halogens is 3. The number of nitrogens with one attached hydrogen (secondary N) is 2. The number of aromatic amines is 1. The molecule has 2 fully saturated rings. The number of fused-ring (bicyclic) bond motifs is 3. The molecule has 1 aliphatic carbocycles. The predicted molar refractivity (Wildman–Crippen MR) is 88.0 cm³/mol. The number of amides is 1. The Bertz CT molecular complexity index is 833. The average Bonchev–Trinajstić information content (AvgIpc) is 3.25. The van der Waals surface area contributed by atoms with E-state index in [4.69, 9.17) is 4.74 Å². The van der Waals surface area contributed by atoms with Crippen LogP contribution < -0.4 is 10.1 Å². The molecule has 3 atom stereocenters. The van der Waals surface area contributed by atoms with Crippen LogP contribution in [0.5, 0.6) is 5.75 Å². The molecule has 2 aliphatic rings. The second kappa shape index (κ2) is 6.15. The highest BCUT2D eigenvalue weighted by Gasteiger charge is 2.43. The van der Waals surface area contributed by atoms with Crippen molar-refractivity contribution in [3.8, 4) is 5.75 Å². The third kappa shape index (κ3) is 3.23. The zero-order valence-electron chi connectivity index (χ0n) is 14.1. The van der Waals surface area contributed by atoms with E-state index in [1.165, 1.54) is 12.1 Å². The fourth-order valence-corrected chi connectivity index (χ4v) is 4.01. The van der Waals surface area contributed by atoms with Crippen LogP contribution in [-0.2, 0) is 0 Å². The van der Waals surface area contributed by atoms with E-state index in [1.54, 1.807) is 6.07 Å². The molecule has 1 amide bonds. The van der Waals surface area contributed by atoms with Crippen LogP contribution in [0.2, 0.25) is 0 Å². The Kier molecular flexibility index (Phi) is 4.06. The van der Waals surface area contributed by atoms with Crippen molar-refractivity contribution in [3.05, 3.63) is 23.9 Å². The number of rotatable bonds is 4. The molecule has 2 N–H and O–H groups in total. The molecule has 140 valence electrons. The first-order chi connectivity index (χ1) is 12.3. The van der Waals surface area contributed by atoms with Crippen molar-refractivity contribution in [1.82, 2.24) is 20.4 Å². The number of aromatic nitrogens is 2. The number of carbonyl (C=O) groups is 1.